The number of aliphatic imine (C=N–C) groups is 1. The molecular weight excluding hydrogens is 204 g/mol. The highest BCUT2D eigenvalue weighted by atomic mass is 15.3. The first-order chi connectivity index (χ1) is 7.63. The number of nitrogens with one attached hydrogen (secondary N) is 1. The molecule has 1 aliphatic heterocycles. The average molecular weight is 228 g/mol. The summed E-state index contributed by atoms with van der Waals surface area (Å²) in [6, 6.07) is 0.415. The second-order valence-corrected chi connectivity index (χ2v) is 4.41. The van der Waals surface area contributed by atoms with Crippen LogP contribution in [0.15, 0.2) is 4.99 Å². The van der Waals surface area contributed by atoms with Crippen LogP contribution in [0.2, 0.25) is 0 Å². The third-order valence-corrected chi connectivity index (χ3v) is 3.05. The molecule has 6 nitrogen and oxygen atoms in total. The van der Waals surface area contributed by atoms with Crippen LogP contribution < -0.4 is 17.0 Å². The van der Waals surface area contributed by atoms with Crippen molar-refractivity contribution in [1.82, 2.24) is 15.2 Å². The molecule has 16 heavy (non-hydrogen) atoms. The fourth-order valence-electron chi connectivity index (χ4n) is 1.90. The van der Waals surface area contributed by atoms with Gasteiger partial charge in [0, 0.05) is 19.1 Å². The minimum absolute atomic E-state index is 0.304. The van der Waals surface area contributed by atoms with Crippen LogP contribution in [-0.4, -0.2) is 61.6 Å². The predicted octanol–water partition coefficient (Wildman–Crippen LogP) is -1.21. The normalized spacial score (nSPS) is 22.8. The summed E-state index contributed by atoms with van der Waals surface area (Å²) in [6.07, 6.45) is 1.22. The Bertz CT molecular complexity index is 229. The lowest BCUT2D eigenvalue weighted by Gasteiger charge is -2.26. The second-order valence-electron chi connectivity index (χ2n) is 4.41. The monoisotopic (exact) mass is 228 g/mol. The van der Waals surface area contributed by atoms with Crippen molar-refractivity contribution in [3.05, 3.63) is 0 Å². The topological polar surface area (TPSA) is 82.9 Å². The maximum atomic E-state index is 5.49. The molecule has 0 aliphatic carbocycles. The Balaban J connectivity index is 2.38. The van der Waals surface area contributed by atoms with Gasteiger partial charge in [0.25, 0.3) is 0 Å². The Morgan fingerprint density at radius 2 is 2.12 bits per heavy atom. The number of likely N-dealkylation sites (N-methyl/N-ethyl adjacent to an activating group) is 1. The fraction of sp³-hybridized carbons (Fsp3) is 0.900. The van der Waals surface area contributed by atoms with Crippen molar-refractivity contribution in [3.63, 3.8) is 0 Å². The van der Waals surface area contributed by atoms with Crippen molar-refractivity contribution in [2.75, 3.05) is 39.8 Å². The van der Waals surface area contributed by atoms with Crippen LogP contribution in [0.3, 0.4) is 0 Å². The van der Waals surface area contributed by atoms with E-state index in [0.717, 1.165) is 19.6 Å². The maximum Gasteiger partial charge on any atom is 0.203 e. The van der Waals surface area contributed by atoms with E-state index in [2.05, 4.69) is 34.2 Å². The molecule has 94 valence electrons. The molecule has 0 saturated carbocycles. The van der Waals surface area contributed by atoms with Crippen molar-refractivity contribution in [3.8, 4) is 0 Å². The van der Waals surface area contributed by atoms with Gasteiger partial charge in [0.1, 0.15) is 0 Å². The third-order valence-electron chi connectivity index (χ3n) is 3.05. The van der Waals surface area contributed by atoms with E-state index in [4.69, 9.17) is 11.6 Å². The number of hydrazine groups is 1. The van der Waals surface area contributed by atoms with E-state index < -0.39 is 0 Å². The van der Waals surface area contributed by atoms with Crippen molar-refractivity contribution in [2.24, 2.45) is 16.6 Å². The zero-order valence-electron chi connectivity index (χ0n) is 10.3. The quantitative estimate of drug-likeness (QED) is 0.244. The van der Waals surface area contributed by atoms with E-state index in [9.17, 15) is 0 Å². The molecule has 0 radical (unpaired) electrons. The fourth-order valence-corrected chi connectivity index (χ4v) is 1.90. The Hall–Kier alpha value is -0.850. The third kappa shape index (κ3) is 4.34. The van der Waals surface area contributed by atoms with Crippen LogP contribution in [0, 0.1) is 0 Å². The first-order valence-electron chi connectivity index (χ1n) is 5.82. The average Bonchev–Trinajstić information content (AvgIpc) is 2.50. The van der Waals surface area contributed by atoms with Crippen molar-refractivity contribution >= 4 is 5.96 Å². The molecule has 0 bridgehead atoms. The number of nitrogens with zero attached hydrogens (tertiary/aromatic N) is 3. The summed E-state index contributed by atoms with van der Waals surface area (Å²) in [5, 5.41) is 0. The van der Waals surface area contributed by atoms with Crippen molar-refractivity contribution in [1.29, 1.82) is 0 Å². The van der Waals surface area contributed by atoms with Crippen LogP contribution in [0.4, 0.5) is 0 Å². The minimum atomic E-state index is 0.304. The molecule has 1 heterocycles. The molecule has 1 saturated heterocycles. The van der Waals surface area contributed by atoms with Crippen LogP contribution in [0.5, 0.6) is 0 Å². The Labute approximate surface area is 97.6 Å². The van der Waals surface area contributed by atoms with Gasteiger partial charge in [0.2, 0.25) is 5.96 Å². The van der Waals surface area contributed by atoms with E-state index >= 15 is 0 Å². The van der Waals surface area contributed by atoms with Gasteiger partial charge in [-0.15, -0.1) is 0 Å². The lowest BCUT2D eigenvalue weighted by molar-refractivity contribution is 0.220. The van der Waals surface area contributed by atoms with Gasteiger partial charge >= 0.3 is 0 Å². The SMILES string of the molecule is CC(CN=C(N)NN)N1CCCN(C)CC1. The summed E-state index contributed by atoms with van der Waals surface area (Å²) in [4.78, 5) is 8.99. The second kappa shape index (κ2) is 6.67. The Morgan fingerprint density at radius 3 is 2.81 bits per heavy atom. The largest absolute Gasteiger partial charge is 0.369 e. The van der Waals surface area contributed by atoms with Gasteiger partial charge in [-0.1, -0.05) is 0 Å². The lowest BCUT2D eigenvalue weighted by Crippen LogP contribution is -2.41. The highest BCUT2D eigenvalue weighted by molar-refractivity contribution is 5.77. The van der Waals surface area contributed by atoms with Crippen LogP contribution in [0.1, 0.15) is 13.3 Å². The van der Waals surface area contributed by atoms with Crippen molar-refractivity contribution < 1.29 is 0 Å². The molecule has 5 N–H and O–H groups in total. The molecule has 1 atom stereocenters. The summed E-state index contributed by atoms with van der Waals surface area (Å²) in [7, 11) is 2.17. The van der Waals surface area contributed by atoms with E-state index in [0.29, 0.717) is 18.5 Å². The molecule has 1 fully saturated rings. The van der Waals surface area contributed by atoms with Gasteiger partial charge in [-0.05, 0) is 33.5 Å². The number of rotatable bonds is 3. The smallest absolute Gasteiger partial charge is 0.203 e. The number of nitrogens with two attached hydrogens (primary N) is 2. The molecular formula is C10H24N6. The summed E-state index contributed by atoms with van der Waals surface area (Å²) in [5.41, 5.74) is 7.83. The number of guanidine groups is 1. The Morgan fingerprint density at radius 1 is 1.38 bits per heavy atom. The minimum Gasteiger partial charge on any atom is -0.369 e. The molecule has 1 rings (SSSR count). The molecule has 6 heteroatoms. The Kier molecular flexibility index (Phi) is 5.51. The van der Waals surface area contributed by atoms with Crippen LogP contribution in [0.25, 0.3) is 0 Å². The maximum absolute atomic E-state index is 5.49. The molecule has 0 aromatic carbocycles. The molecule has 0 amide bonds. The van der Waals surface area contributed by atoms with E-state index in [1.807, 2.05) is 0 Å². The summed E-state index contributed by atoms with van der Waals surface area (Å²) < 4.78 is 0. The molecule has 1 unspecified atom stereocenters. The van der Waals surface area contributed by atoms with E-state index in [1.54, 1.807) is 0 Å². The highest BCUT2D eigenvalue weighted by Crippen LogP contribution is 2.06. The molecule has 0 spiro atoms. The summed E-state index contributed by atoms with van der Waals surface area (Å²) in [5.74, 6) is 5.46. The lowest BCUT2D eigenvalue weighted by atomic mass is 10.2. The van der Waals surface area contributed by atoms with Gasteiger partial charge in [-0.25, -0.2) is 5.84 Å². The summed E-state index contributed by atoms with van der Waals surface area (Å²) in [6.45, 7) is 7.41. The zero-order valence-corrected chi connectivity index (χ0v) is 10.3. The van der Waals surface area contributed by atoms with Crippen LogP contribution in [-0.2, 0) is 0 Å². The van der Waals surface area contributed by atoms with Gasteiger partial charge in [0.05, 0.1) is 6.54 Å². The first kappa shape index (κ1) is 13.2. The van der Waals surface area contributed by atoms with Crippen molar-refractivity contribution in [2.45, 2.75) is 19.4 Å². The van der Waals surface area contributed by atoms with Gasteiger partial charge in [-0.3, -0.25) is 15.3 Å². The van der Waals surface area contributed by atoms with Gasteiger partial charge in [-0.2, -0.15) is 0 Å². The van der Waals surface area contributed by atoms with Gasteiger partial charge in [0.15, 0.2) is 0 Å². The van der Waals surface area contributed by atoms with E-state index in [-0.39, 0.29) is 0 Å². The predicted molar refractivity (Wildman–Crippen MR) is 67.0 cm³/mol. The first-order valence-corrected chi connectivity index (χ1v) is 5.82. The summed E-state index contributed by atoms with van der Waals surface area (Å²) >= 11 is 0. The molecule has 0 aromatic heterocycles. The zero-order chi connectivity index (χ0) is 12.0. The molecule has 1 aliphatic rings. The highest BCUT2D eigenvalue weighted by Gasteiger charge is 2.16. The number of hydrogen-bond acceptors (Lipinski definition) is 4. The standard InChI is InChI=1S/C10H24N6/c1-9(8-13-10(11)14-12)16-5-3-4-15(2)6-7-16/h9H,3-8,12H2,1-2H3,(H3,11,13,14). The van der Waals surface area contributed by atoms with Gasteiger partial charge < -0.3 is 10.6 Å². The van der Waals surface area contributed by atoms with E-state index in [1.165, 1.54) is 13.0 Å². The molecule has 0 aromatic rings. The number of hydrogen-bond donors (Lipinski definition) is 3. The van der Waals surface area contributed by atoms with Crippen LogP contribution >= 0.6 is 0 Å².